The molecule has 0 saturated carbocycles. The zero-order valence-corrected chi connectivity index (χ0v) is 17.4. The SMILES string of the molecule is CCN(C(=O)c1cnn2c(O)cc(-c3ccccc3)nc12)[C@@H](Cc1ccccc1)C(=O)O. The van der Waals surface area contributed by atoms with Gasteiger partial charge in [0.25, 0.3) is 5.91 Å². The first kappa shape index (κ1) is 21.0. The number of aliphatic carboxylic acids is 1. The number of fused-ring (bicyclic) bond motifs is 1. The maximum Gasteiger partial charge on any atom is 0.326 e. The Morgan fingerprint density at radius 3 is 2.34 bits per heavy atom. The van der Waals surface area contributed by atoms with Crippen LogP contribution in [0, 0.1) is 0 Å². The van der Waals surface area contributed by atoms with Crippen LogP contribution in [0.1, 0.15) is 22.8 Å². The van der Waals surface area contributed by atoms with Crippen molar-refractivity contribution in [3.63, 3.8) is 0 Å². The van der Waals surface area contributed by atoms with Gasteiger partial charge < -0.3 is 15.1 Å². The molecule has 2 N–H and O–H groups in total. The van der Waals surface area contributed by atoms with Crippen molar-refractivity contribution in [2.45, 2.75) is 19.4 Å². The largest absolute Gasteiger partial charge is 0.493 e. The van der Waals surface area contributed by atoms with E-state index in [9.17, 15) is 19.8 Å². The van der Waals surface area contributed by atoms with Crippen LogP contribution in [-0.2, 0) is 11.2 Å². The highest BCUT2D eigenvalue weighted by Crippen LogP contribution is 2.25. The van der Waals surface area contributed by atoms with Crippen LogP contribution >= 0.6 is 0 Å². The van der Waals surface area contributed by atoms with Crippen LogP contribution in [0.25, 0.3) is 16.9 Å². The molecule has 0 fully saturated rings. The highest BCUT2D eigenvalue weighted by atomic mass is 16.4. The van der Waals surface area contributed by atoms with E-state index < -0.39 is 17.9 Å². The summed E-state index contributed by atoms with van der Waals surface area (Å²) in [6, 6.07) is 18.8. The van der Waals surface area contributed by atoms with Gasteiger partial charge in [-0.3, -0.25) is 4.79 Å². The Morgan fingerprint density at radius 1 is 1.06 bits per heavy atom. The lowest BCUT2D eigenvalue weighted by molar-refractivity contribution is -0.142. The molecule has 2 aromatic carbocycles. The highest BCUT2D eigenvalue weighted by Gasteiger charge is 2.31. The van der Waals surface area contributed by atoms with Gasteiger partial charge in [0, 0.05) is 24.6 Å². The molecule has 4 rings (SSSR count). The molecule has 162 valence electrons. The van der Waals surface area contributed by atoms with Gasteiger partial charge in [0.15, 0.2) is 5.65 Å². The van der Waals surface area contributed by atoms with E-state index in [0.29, 0.717) is 5.69 Å². The first-order valence-corrected chi connectivity index (χ1v) is 10.2. The van der Waals surface area contributed by atoms with Crippen molar-refractivity contribution in [3.05, 3.63) is 84.1 Å². The number of hydrogen-bond acceptors (Lipinski definition) is 5. The van der Waals surface area contributed by atoms with E-state index in [1.54, 1.807) is 6.92 Å². The number of nitrogens with zero attached hydrogens (tertiary/aromatic N) is 4. The summed E-state index contributed by atoms with van der Waals surface area (Å²) in [6.07, 6.45) is 1.48. The van der Waals surface area contributed by atoms with Gasteiger partial charge in [-0.2, -0.15) is 9.61 Å². The van der Waals surface area contributed by atoms with Gasteiger partial charge in [0.2, 0.25) is 5.88 Å². The number of carboxylic acids is 1. The molecule has 1 atom stereocenters. The molecule has 32 heavy (non-hydrogen) atoms. The predicted molar refractivity (Wildman–Crippen MR) is 118 cm³/mol. The minimum Gasteiger partial charge on any atom is -0.493 e. The summed E-state index contributed by atoms with van der Waals surface area (Å²) in [5.41, 5.74) is 2.35. The molecule has 0 saturated heterocycles. The van der Waals surface area contributed by atoms with Crippen molar-refractivity contribution in [1.82, 2.24) is 19.5 Å². The standard InChI is InChI=1S/C24H22N4O4/c1-2-27(20(24(31)32)13-16-9-5-3-6-10-16)23(30)18-15-25-28-21(29)14-19(26-22(18)28)17-11-7-4-8-12-17/h3-12,14-15,20,29H,2,13H2,1H3,(H,31,32)/t20-/m0/s1. The van der Waals surface area contributed by atoms with Gasteiger partial charge >= 0.3 is 5.97 Å². The second-order valence-corrected chi connectivity index (χ2v) is 7.29. The van der Waals surface area contributed by atoms with Crippen molar-refractivity contribution in [3.8, 4) is 17.1 Å². The van der Waals surface area contributed by atoms with E-state index in [1.165, 1.54) is 21.7 Å². The Balaban J connectivity index is 1.74. The number of aromatic nitrogens is 3. The van der Waals surface area contributed by atoms with E-state index >= 15 is 0 Å². The molecule has 0 aliphatic carbocycles. The van der Waals surface area contributed by atoms with Crippen molar-refractivity contribution >= 4 is 17.5 Å². The molecular weight excluding hydrogens is 408 g/mol. The molecule has 4 aromatic rings. The van der Waals surface area contributed by atoms with Crippen LogP contribution in [0.5, 0.6) is 5.88 Å². The summed E-state index contributed by atoms with van der Waals surface area (Å²) in [5.74, 6) is -1.78. The summed E-state index contributed by atoms with van der Waals surface area (Å²) in [5, 5.41) is 24.4. The first-order chi connectivity index (χ1) is 15.5. The Bertz CT molecular complexity index is 1260. The number of aromatic hydroxyl groups is 1. The normalized spacial score (nSPS) is 11.9. The van der Waals surface area contributed by atoms with Gasteiger partial charge in [-0.25, -0.2) is 9.78 Å². The van der Waals surface area contributed by atoms with Gasteiger partial charge in [0.1, 0.15) is 11.6 Å². The molecule has 1 amide bonds. The monoisotopic (exact) mass is 430 g/mol. The average molecular weight is 430 g/mol. The van der Waals surface area contributed by atoms with Gasteiger partial charge in [0.05, 0.1) is 11.9 Å². The number of hydrogen-bond donors (Lipinski definition) is 2. The Hall–Kier alpha value is -4.20. The maximum atomic E-state index is 13.4. The zero-order chi connectivity index (χ0) is 22.7. The van der Waals surface area contributed by atoms with Gasteiger partial charge in [-0.05, 0) is 12.5 Å². The molecule has 8 heteroatoms. The number of amides is 1. The van der Waals surface area contributed by atoms with E-state index in [2.05, 4.69) is 10.1 Å². The van der Waals surface area contributed by atoms with Crippen molar-refractivity contribution in [2.24, 2.45) is 0 Å². The molecule has 0 spiro atoms. The predicted octanol–water partition coefficient (Wildman–Crippen LogP) is 3.26. The molecule has 0 unspecified atom stereocenters. The maximum absolute atomic E-state index is 13.4. The fraction of sp³-hybridized carbons (Fsp3) is 0.167. The van der Waals surface area contributed by atoms with E-state index in [1.807, 2.05) is 60.7 Å². The van der Waals surface area contributed by atoms with Crippen molar-refractivity contribution < 1.29 is 19.8 Å². The number of rotatable bonds is 7. The topological polar surface area (TPSA) is 108 Å². The second-order valence-electron chi connectivity index (χ2n) is 7.29. The second kappa shape index (κ2) is 8.89. The first-order valence-electron chi connectivity index (χ1n) is 10.2. The summed E-state index contributed by atoms with van der Waals surface area (Å²) >= 11 is 0. The fourth-order valence-corrected chi connectivity index (χ4v) is 3.68. The minimum atomic E-state index is -1.10. The molecular formula is C24H22N4O4. The molecule has 0 bridgehead atoms. The summed E-state index contributed by atoms with van der Waals surface area (Å²) in [6.45, 7) is 1.91. The third-order valence-electron chi connectivity index (χ3n) is 5.29. The van der Waals surface area contributed by atoms with Crippen molar-refractivity contribution in [1.29, 1.82) is 0 Å². The number of carbonyl (C=O) groups excluding carboxylic acids is 1. The van der Waals surface area contributed by atoms with Crippen LogP contribution in [0.15, 0.2) is 72.9 Å². The Morgan fingerprint density at radius 2 is 1.72 bits per heavy atom. The zero-order valence-electron chi connectivity index (χ0n) is 17.4. The van der Waals surface area contributed by atoms with Crippen LogP contribution < -0.4 is 0 Å². The molecule has 0 aliphatic heterocycles. The van der Waals surface area contributed by atoms with E-state index in [4.69, 9.17) is 0 Å². The third kappa shape index (κ3) is 4.02. The van der Waals surface area contributed by atoms with Crippen LogP contribution in [-0.4, -0.2) is 54.2 Å². The lowest BCUT2D eigenvalue weighted by Gasteiger charge is -2.27. The van der Waals surface area contributed by atoms with Gasteiger partial charge in [-0.1, -0.05) is 60.7 Å². The number of likely N-dealkylation sites (N-methyl/N-ethyl adjacent to an activating group) is 1. The average Bonchev–Trinajstić information content (AvgIpc) is 3.24. The van der Waals surface area contributed by atoms with E-state index in [0.717, 1.165) is 11.1 Å². The summed E-state index contributed by atoms with van der Waals surface area (Å²) in [4.78, 5) is 31.3. The fourth-order valence-electron chi connectivity index (χ4n) is 3.68. The highest BCUT2D eigenvalue weighted by molar-refractivity contribution is 6.01. The lowest BCUT2D eigenvalue weighted by Crippen LogP contribution is -2.46. The molecule has 0 radical (unpaired) electrons. The number of benzene rings is 2. The number of carbonyl (C=O) groups is 2. The Labute approximate surface area is 184 Å². The van der Waals surface area contributed by atoms with Crippen LogP contribution in [0.2, 0.25) is 0 Å². The Kier molecular flexibility index (Phi) is 5.85. The number of carboxylic acid groups (broad SMARTS) is 1. The quantitative estimate of drug-likeness (QED) is 0.466. The van der Waals surface area contributed by atoms with Gasteiger partial charge in [-0.15, -0.1) is 0 Å². The molecule has 0 aliphatic rings. The minimum absolute atomic E-state index is 0.124. The summed E-state index contributed by atoms with van der Waals surface area (Å²) in [7, 11) is 0. The lowest BCUT2D eigenvalue weighted by atomic mass is 10.0. The molecule has 2 heterocycles. The molecule has 8 nitrogen and oxygen atoms in total. The van der Waals surface area contributed by atoms with E-state index in [-0.39, 0.29) is 30.1 Å². The summed E-state index contributed by atoms with van der Waals surface area (Å²) < 4.78 is 1.17. The smallest absolute Gasteiger partial charge is 0.326 e. The van der Waals surface area contributed by atoms with Crippen LogP contribution in [0.4, 0.5) is 0 Å². The third-order valence-corrected chi connectivity index (χ3v) is 5.29. The van der Waals surface area contributed by atoms with Crippen LogP contribution in [0.3, 0.4) is 0 Å². The van der Waals surface area contributed by atoms with Crippen molar-refractivity contribution in [2.75, 3.05) is 6.54 Å². The molecule has 2 aromatic heterocycles.